The summed E-state index contributed by atoms with van der Waals surface area (Å²) in [5.74, 6) is 0.469. The van der Waals surface area contributed by atoms with Gasteiger partial charge in [-0.1, -0.05) is 0 Å². The Morgan fingerprint density at radius 1 is 1.39 bits per heavy atom. The van der Waals surface area contributed by atoms with Gasteiger partial charge in [-0.15, -0.1) is 0 Å². The fourth-order valence-electron chi connectivity index (χ4n) is 2.74. The van der Waals surface area contributed by atoms with Gasteiger partial charge in [-0.05, 0) is 45.7 Å². The van der Waals surface area contributed by atoms with Crippen LogP contribution in [-0.2, 0) is 10.0 Å². The Bertz CT molecular complexity index is 364. The van der Waals surface area contributed by atoms with Gasteiger partial charge in [0, 0.05) is 25.7 Å². The number of sulfonamides is 1. The van der Waals surface area contributed by atoms with E-state index in [9.17, 15) is 8.42 Å². The predicted octanol–water partition coefficient (Wildman–Crippen LogP) is -0.00200. The first-order valence-electron chi connectivity index (χ1n) is 6.92. The van der Waals surface area contributed by atoms with E-state index in [-0.39, 0.29) is 5.25 Å². The van der Waals surface area contributed by atoms with Gasteiger partial charge in [-0.25, -0.2) is 13.1 Å². The Kier molecular flexibility index (Phi) is 4.64. The maximum atomic E-state index is 12.0. The average molecular weight is 275 g/mol. The van der Waals surface area contributed by atoms with Crippen molar-refractivity contribution in [1.29, 1.82) is 0 Å². The van der Waals surface area contributed by atoms with E-state index in [4.69, 9.17) is 0 Å². The lowest BCUT2D eigenvalue weighted by Crippen LogP contribution is -2.39. The maximum absolute atomic E-state index is 12.0. The standard InChI is InChI=1S/C12H25N3O2S/c1-10(2)15-6-4-11(9-15)7-14-18(16,17)12-3-5-13-8-12/h10-14H,3-9H2,1-2H3. The number of hydrogen-bond donors (Lipinski definition) is 2. The fourth-order valence-corrected chi connectivity index (χ4v) is 4.21. The van der Waals surface area contributed by atoms with Crippen molar-refractivity contribution in [2.45, 2.75) is 38.0 Å². The summed E-state index contributed by atoms with van der Waals surface area (Å²) in [6.45, 7) is 8.50. The van der Waals surface area contributed by atoms with Gasteiger partial charge in [-0.2, -0.15) is 0 Å². The third kappa shape index (κ3) is 3.44. The lowest BCUT2D eigenvalue weighted by molar-refractivity contribution is 0.265. The molecule has 6 heteroatoms. The molecule has 0 aromatic rings. The van der Waals surface area contributed by atoms with E-state index in [1.807, 2.05) is 0 Å². The van der Waals surface area contributed by atoms with Crippen LogP contribution in [0.5, 0.6) is 0 Å². The minimum atomic E-state index is -3.12. The summed E-state index contributed by atoms with van der Waals surface area (Å²) < 4.78 is 26.9. The smallest absolute Gasteiger partial charge is 0.215 e. The Morgan fingerprint density at radius 2 is 2.17 bits per heavy atom. The minimum absolute atomic E-state index is 0.236. The summed E-state index contributed by atoms with van der Waals surface area (Å²) in [6, 6.07) is 0.561. The van der Waals surface area contributed by atoms with Crippen molar-refractivity contribution in [3.8, 4) is 0 Å². The second-order valence-electron chi connectivity index (χ2n) is 5.75. The van der Waals surface area contributed by atoms with Crippen LogP contribution in [0.25, 0.3) is 0 Å². The third-order valence-corrected chi connectivity index (χ3v) is 5.92. The van der Waals surface area contributed by atoms with Crippen molar-refractivity contribution in [2.24, 2.45) is 5.92 Å². The molecule has 2 rings (SSSR count). The number of likely N-dealkylation sites (tertiary alicyclic amines) is 1. The van der Waals surface area contributed by atoms with Crippen molar-refractivity contribution in [3.05, 3.63) is 0 Å². The van der Waals surface area contributed by atoms with Crippen molar-refractivity contribution in [2.75, 3.05) is 32.7 Å². The van der Waals surface area contributed by atoms with Crippen LogP contribution < -0.4 is 10.0 Å². The summed E-state index contributed by atoms with van der Waals surface area (Å²) in [7, 11) is -3.12. The molecule has 0 bridgehead atoms. The van der Waals surface area contributed by atoms with Gasteiger partial charge in [-0.3, -0.25) is 0 Å². The van der Waals surface area contributed by atoms with Gasteiger partial charge in [0.05, 0.1) is 5.25 Å². The van der Waals surface area contributed by atoms with E-state index in [1.165, 1.54) is 0 Å². The van der Waals surface area contributed by atoms with Gasteiger partial charge in [0.25, 0.3) is 0 Å². The number of rotatable bonds is 5. The Balaban J connectivity index is 1.78. The van der Waals surface area contributed by atoms with Gasteiger partial charge < -0.3 is 10.2 Å². The first-order valence-corrected chi connectivity index (χ1v) is 8.47. The number of hydrogen-bond acceptors (Lipinski definition) is 4. The van der Waals surface area contributed by atoms with Crippen LogP contribution in [0.1, 0.15) is 26.7 Å². The molecule has 0 radical (unpaired) electrons. The zero-order valence-corrected chi connectivity index (χ0v) is 12.2. The molecule has 0 saturated carbocycles. The highest BCUT2D eigenvalue weighted by atomic mass is 32.2. The second-order valence-corrected chi connectivity index (χ2v) is 7.80. The third-order valence-electron chi connectivity index (χ3n) is 4.07. The van der Waals surface area contributed by atoms with Crippen LogP contribution in [0, 0.1) is 5.92 Å². The molecule has 2 atom stereocenters. The highest BCUT2D eigenvalue weighted by Crippen LogP contribution is 2.18. The Hall–Kier alpha value is -0.170. The zero-order valence-electron chi connectivity index (χ0n) is 11.4. The zero-order chi connectivity index (χ0) is 13.2. The Labute approximate surface area is 110 Å². The van der Waals surface area contributed by atoms with Crippen molar-refractivity contribution < 1.29 is 8.42 Å². The normalized spacial score (nSPS) is 30.4. The molecule has 2 aliphatic rings. The van der Waals surface area contributed by atoms with E-state index >= 15 is 0 Å². The van der Waals surface area contributed by atoms with E-state index in [1.54, 1.807) is 0 Å². The number of nitrogens with one attached hydrogen (secondary N) is 2. The van der Waals surface area contributed by atoms with Crippen molar-refractivity contribution in [3.63, 3.8) is 0 Å². The highest BCUT2D eigenvalue weighted by Gasteiger charge is 2.30. The minimum Gasteiger partial charge on any atom is -0.315 e. The second kappa shape index (κ2) is 5.86. The fraction of sp³-hybridized carbons (Fsp3) is 1.00. The summed E-state index contributed by atoms with van der Waals surface area (Å²) >= 11 is 0. The molecule has 0 amide bonds. The molecule has 2 saturated heterocycles. The average Bonchev–Trinajstić information content (AvgIpc) is 2.98. The summed E-state index contributed by atoms with van der Waals surface area (Å²) in [4.78, 5) is 2.41. The molecular weight excluding hydrogens is 250 g/mol. The summed E-state index contributed by atoms with van der Waals surface area (Å²) in [5, 5.41) is 2.86. The Morgan fingerprint density at radius 3 is 2.72 bits per heavy atom. The quantitative estimate of drug-likeness (QED) is 0.741. The lowest BCUT2D eigenvalue weighted by atomic mass is 10.1. The maximum Gasteiger partial charge on any atom is 0.215 e. The van der Waals surface area contributed by atoms with Crippen LogP contribution in [0.2, 0.25) is 0 Å². The molecule has 0 aromatic carbocycles. The summed E-state index contributed by atoms with van der Waals surface area (Å²) in [5.41, 5.74) is 0. The molecular formula is C12H25N3O2S. The first-order chi connectivity index (χ1) is 8.49. The molecule has 2 heterocycles. The molecule has 18 heavy (non-hydrogen) atoms. The van der Waals surface area contributed by atoms with Gasteiger partial charge >= 0.3 is 0 Å². The van der Waals surface area contributed by atoms with Crippen molar-refractivity contribution >= 4 is 10.0 Å². The molecule has 106 valence electrons. The molecule has 0 spiro atoms. The van der Waals surface area contributed by atoms with Crippen LogP contribution in [0.15, 0.2) is 0 Å². The van der Waals surface area contributed by atoms with E-state index in [0.29, 0.717) is 25.0 Å². The predicted molar refractivity (Wildman–Crippen MR) is 73.0 cm³/mol. The van der Waals surface area contributed by atoms with E-state index in [0.717, 1.165) is 32.5 Å². The van der Waals surface area contributed by atoms with Crippen LogP contribution in [0.3, 0.4) is 0 Å². The number of nitrogens with zero attached hydrogens (tertiary/aromatic N) is 1. The van der Waals surface area contributed by atoms with Crippen LogP contribution in [-0.4, -0.2) is 57.3 Å². The largest absolute Gasteiger partial charge is 0.315 e. The highest BCUT2D eigenvalue weighted by molar-refractivity contribution is 7.90. The molecule has 0 aliphatic carbocycles. The summed E-state index contributed by atoms with van der Waals surface area (Å²) in [6.07, 6.45) is 1.84. The monoisotopic (exact) mass is 275 g/mol. The van der Waals surface area contributed by atoms with Crippen LogP contribution >= 0.6 is 0 Å². The molecule has 2 fully saturated rings. The van der Waals surface area contributed by atoms with Gasteiger partial charge in [0.1, 0.15) is 0 Å². The molecule has 0 aromatic heterocycles. The first kappa shape index (κ1) is 14.2. The van der Waals surface area contributed by atoms with Gasteiger partial charge in [0.15, 0.2) is 0 Å². The molecule has 2 aliphatic heterocycles. The molecule has 5 nitrogen and oxygen atoms in total. The van der Waals surface area contributed by atoms with E-state index in [2.05, 4.69) is 28.8 Å². The molecule has 2 N–H and O–H groups in total. The SMILES string of the molecule is CC(C)N1CCC(CNS(=O)(=O)C2CCNC2)C1. The van der Waals surface area contributed by atoms with Crippen LogP contribution in [0.4, 0.5) is 0 Å². The topological polar surface area (TPSA) is 61.4 Å². The van der Waals surface area contributed by atoms with E-state index < -0.39 is 10.0 Å². The molecule has 2 unspecified atom stereocenters. The lowest BCUT2D eigenvalue weighted by Gasteiger charge is -2.20. The van der Waals surface area contributed by atoms with Crippen molar-refractivity contribution in [1.82, 2.24) is 14.9 Å². The van der Waals surface area contributed by atoms with Gasteiger partial charge in [0.2, 0.25) is 10.0 Å².